The highest BCUT2D eigenvalue weighted by molar-refractivity contribution is 5.33. The highest BCUT2D eigenvalue weighted by Crippen LogP contribution is 2.45. The van der Waals surface area contributed by atoms with Gasteiger partial charge in [-0.2, -0.15) is 0 Å². The number of nitrogens with zero attached hydrogens (tertiary/aromatic N) is 1. The molecule has 1 nitrogen and oxygen atoms in total. The second kappa shape index (κ2) is 3.30. The predicted octanol–water partition coefficient (Wildman–Crippen LogP) is 3.46. The van der Waals surface area contributed by atoms with Gasteiger partial charge in [-0.1, -0.05) is 13.3 Å². The Labute approximate surface area is 82.2 Å². The summed E-state index contributed by atoms with van der Waals surface area (Å²) in [7, 11) is 0. The Hall–Kier alpha value is -0.990. The van der Waals surface area contributed by atoms with Crippen LogP contribution in [0.4, 0.5) is 8.78 Å². The van der Waals surface area contributed by atoms with Crippen molar-refractivity contribution in [3.8, 4) is 0 Å². The minimum Gasteiger partial charge on any atom is -0.264 e. The maximum Gasteiger partial charge on any atom is 0.264 e. The third-order valence-electron chi connectivity index (χ3n) is 3.20. The van der Waals surface area contributed by atoms with E-state index in [1.165, 1.54) is 12.3 Å². The van der Waals surface area contributed by atoms with Crippen molar-refractivity contribution in [2.24, 2.45) is 0 Å². The van der Waals surface area contributed by atoms with Gasteiger partial charge in [0.05, 0.1) is 0 Å². The minimum absolute atomic E-state index is 0.0555. The fourth-order valence-corrected chi connectivity index (χ4v) is 2.08. The topological polar surface area (TPSA) is 12.9 Å². The molecule has 0 N–H and O–H groups in total. The number of alkyl halides is 2. The Balaban J connectivity index is 2.41. The monoisotopic (exact) mass is 197 g/mol. The molecule has 1 aliphatic carbocycles. The number of halogens is 2. The van der Waals surface area contributed by atoms with E-state index >= 15 is 0 Å². The summed E-state index contributed by atoms with van der Waals surface area (Å²) < 4.78 is 25.4. The molecule has 1 aromatic heterocycles. The fourth-order valence-electron chi connectivity index (χ4n) is 2.08. The number of rotatable bonds is 2. The van der Waals surface area contributed by atoms with Gasteiger partial charge in [0.1, 0.15) is 0 Å². The van der Waals surface area contributed by atoms with Crippen molar-refractivity contribution in [1.82, 2.24) is 4.98 Å². The molecular weight excluding hydrogens is 184 g/mol. The quantitative estimate of drug-likeness (QED) is 0.707. The zero-order valence-electron chi connectivity index (χ0n) is 8.13. The van der Waals surface area contributed by atoms with Gasteiger partial charge in [-0.25, -0.2) is 8.78 Å². The molecule has 0 aromatic carbocycles. The zero-order valence-corrected chi connectivity index (χ0v) is 8.13. The van der Waals surface area contributed by atoms with Gasteiger partial charge in [-0.15, -0.1) is 0 Å². The van der Waals surface area contributed by atoms with Crippen molar-refractivity contribution < 1.29 is 8.78 Å². The predicted molar refractivity (Wildman–Crippen MR) is 50.4 cm³/mol. The number of hydrogen-bond donors (Lipinski definition) is 0. The van der Waals surface area contributed by atoms with E-state index in [0.717, 1.165) is 24.8 Å². The van der Waals surface area contributed by atoms with Crippen LogP contribution in [0.5, 0.6) is 0 Å². The summed E-state index contributed by atoms with van der Waals surface area (Å²) in [6.07, 6.45) is 3.78. The van der Waals surface area contributed by atoms with Gasteiger partial charge in [0, 0.05) is 18.0 Å². The highest BCUT2D eigenvalue weighted by Gasteiger charge is 2.36. The molecule has 0 spiro atoms. The van der Waals surface area contributed by atoms with Crippen LogP contribution in [0.1, 0.15) is 43.7 Å². The summed E-state index contributed by atoms with van der Waals surface area (Å²) in [4.78, 5) is 3.94. The van der Waals surface area contributed by atoms with Gasteiger partial charge in [-0.05, 0) is 29.9 Å². The molecule has 0 radical (unpaired) electrons. The van der Waals surface area contributed by atoms with Crippen LogP contribution in [0, 0.1) is 0 Å². The molecule has 0 bridgehead atoms. The van der Waals surface area contributed by atoms with E-state index in [1.807, 2.05) is 6.92 Å². The smallest absolute Gasteiger partial charge is 0.264 e. The van der Waals surface area contributed by atoms with Crippen molar-refractivity contribution in [1.29, 1.82) is 0 Å². The molecule has 0 saturated heterocycles. The van der Waals surface area contributed by atoms with Crippen molar-refractivity contribution >= 4 is 0 Å². The highest BCUT2D eigenvalue weighted by atomic mass is 19.3. The van der Waals surface area contributed by atoms with E-state index in [4.69, 9.17) is 0 Å². The van der Waals surface area contributed by atoms with Gasteiger partial charge in [-0.3, -0.25) is 4.98 Å². The third-order valence-corrected chi connectivity index (χ3v) is 3.20. The van der Waals surface area contributed by atoms with Crippen molar-refractivity contribution in [2.75, 3.05) is 0 Å². The molecular formula is C11H13F2N. The van der Waals surface area contributed by atoms with E-state index < -0.39 is 6.43 Å². The Kier molecular flexibility index (Phi) is 2.25. The Morgan fingerprint density at radius 1 is 1.43 bits per heavy atom. The van der Waals surface area contributed by atoms with Crippen LogP contribution >= 0.6 is 0 Å². The Morgan fingerprint density at radius 3 is 2.64 bits per heavy atom. The minimum atomic E-state index is -2.38. The van der Waals surface area contributed by atoms with E-state index in [0.29, 0.717) is 0 Å². The molecule has 76 valence electrons. The molecule has 1 heterocycles. The second-order valence-electron chi connectivity index (χ2n) is 4.18. The lowest BCUT2D eigenvalue weighted by Crippen LogP contribution is -2.31. The number of pyridine rings is 1. The summed E-state index contributed by atoms with van der Waals surface area (Å²) in [6, 6.07) is 1.43. The van der Waals surface area contributed by atoms with Crippen LogP contribution in [0.25, 0.3) is 0 Å². The lowest BCUT2D eigenvalue weighted by molar-refractivity contribution is 0.144. The normalized spacial score (nSPS) is 19.4. The molecule has 0 amide bonds. The molecule has 3 heteroatoms. The first-order valence-corrected chi connectivity index (χ1v) is 4.86. The van der Waals surface area contributed by atoms with Crippen LogP contribution in [-0.4, -0.2) is 4.98 Å². The summed E-state index contributed by atoms with van der Waals surface area (Å²) in [5.41, 5.74) is 0.837. The first kappa shape index (κ1) is 9.56. The maximum absolute atomic E-state index is 12.7. The van der Waals surface area contributed by atoms with Crippen LogP contribution in [0.3, 0.4) is 0 Å². The van der Waals surface area contributed by atoms with Gasteiger partial charge in [0.2, 0.25) is 0 Å². The average molecular weight is 197 g/mol. The molecule has 0 unspecified atom stereocenters. The molecule has 1 aliphatic rings. The summed E-state index contributed by atoms with van der Waals surface area (Å²) in [6.45, 7) is 2.04. The second-order valence-corrected chi connectivity index (χ2v) is 4.18. The summed E-state index contributed by atoms with van der Waals surface area (Å²) >= 11 is 0. The molecule has 0 aliphatic heterocycles. The van der Waals surface area contributed by atoms with Crippen LogP contribution in [0.15, 0.2) is 18.5 Å². The molecule has 1 fully saturated rings. The molecule has 0 atom stereocenters. The largest absolute Gasteiger partial charge is 0.264 e. The maximum atomic E-state index is 12.7. The third kappa shape index (κ3) is 1.41. The van der Waals surface area contributed by atoms with Crippen molar-refractivity contribution in [3.05, 3.63) is 29.6 Å². The first-order chi connectivity index (χ1) is 6.63. The zero-order chi connectivity index (χ0) is 10.2. The van der Waals surface area contributed by atoms with Crippen LogP contribution < -0.4 is 0 Å². The number of hydrogen-bond acceptors (Lipinski definition) is 1. The Bertz CT molecular complexity index is 332. The van der Waals surface area contributed by atoms with Gasteiger partial charge in [0.15, 0.2) is 0 Å². The number of aromatic nitrogens is 1. The fraction of sp³-hybridized carbons (Fsp3) is 0.545. The van der Waals surface area contributed by atoms with Gasteiger partial charge < -0.3 is 0 Å². The SMILES string of the molecule is CC1(c2cnccc2C(F)F)CCC1. The Morgan fingerprint density at radius 2 is 2.14 bits per heavy atom. The first-order valence-electron chi connectivity index (χ1n) is 4.86. The van der Waals surface area contributed by atoms with Crippen LogP contribution in [0.2, 0.25) is 0 Å². The summed E-state index contributed by atoms with van der Waals surface area (Å²) in [5, 5.41) is 0. The standard InChI is InChI=1S/C11H13F2N/c1-11(4-2-5-11)9-7-14-6-3-8(9)10(12)13/h3,6-7,10H,2,4-5H2,1H3. The van der Waals surface area contributed by atoms with Crippen molar-refractivity contribution in [2.45, 2.75) is 38.0 Å². The lowest BCUT2D eigenvalue weighted by Gasteiger charge is -2.39. The molecule has 1 saturated carbocycles. The lowest BCUT2D eigenvalue weighted by atomic mass is 9.65. The summed E-state index contributed by atoms with van der Waals surface area (Å²) in [5.74, 6) is 0. The van der Waals surface area contributed by atoms with E-state index in [-0.39, 0.29) is 11.0 Å². The van der Waals surface area contributed by atoms with Gasteiger partial charge in [0.25, 0.3) is 6.43 Å². The van der Waals surface area contributed by atoms with E-state index in [2.05, 4.69) is 4.98 Å². The molecule has 1 aromatic rings. The average Bonchev–Trinajstić information content (AvgIpc) is 2.14. The van der Waals surface area contributed by atoms with E-state index in [9.17, 15) is 8.78 Å². The van der Waals surface area contributed by atoms with E-state index in [1.54, 1.807) is 6.20 Å². The van der Waals surface area contributed by atoms with Gasteiger partial charge >= 0.3 is 0 Å². The molecule has 2 rings (SSSR count). The van der Waals surface area contributed by atoms with Crippen molar-refractivity contribution in [3.63, 3.8) is 0 Å². The van der Waals surface area contributed by atoms with Crippen LogP contribution in [-0.2, 0) is 5.41 Å². The molecule has 14 heavy (non-hydrogen) atoms.